The van der Waals surface area contributed by atoms with Gasteiger partial charge in [-0.15, -0.1) is 11.3 Å². The molecule has 2 aliphatic rings. The zero-order chi connectivity index (χ0) is 13.7. The molecule has 4 heteroatoms. The summed E-state index contributed by atoms with van der Waals surface area (Å²) in [5, 5.41) is 3.20. The van der Waals surface area contributed by atoms with Crippen molar-refractivity contribution in [1.82, 2.24) is 4.98 Å². The molecule has 1 aliphatic carbocycles. The minimum Gasteiger partial charge on any atom is -0.344 e. The number of aromatic nitrogens is 1. The molecule has 3 rings (SSSR count). The van der Waals surface area contributed by atoms with Crippen LogP contribution < -0.4 is 0 Å². The van der Waals surface area contributed by atoms with Crippen molar-refractivity contribution in [3.63, 3.8) is 0 Å². The summed E-state index contributed by atoms with van der Waals surface area (Å²) in [6.45, 7) is 8.19. The van der Waals surface area contributed by atoms with E-state index in [1.54, 1.807) is 11.3 Å². The van der Waals surface area contributed by atoms with Crippen molar-refractivity contribution in [3.8, 4) is 0 Å². The fourth-order valence-electron chi connectivity index (χ4n) is 2.78. The van der Waals surface area contributed by atoms with E-state index in [0.29, 0.717) is 0 Å². The maximum Gasteiger partial charge on any atom is 0.164 e. The minimum atomic E-state index is -0.480. The van der Waals surface area contributed by atoms with Gasteiger partial charge in [0.15, 0.2) is 5.79 Å². The smallest absolute Gasteiger partial charge is 0.164 e. The SMILES string of the molecule is C/C(=C\c1csc(C)n1)[C@@H]1CC2(CC2)OC(C)(C)O1. The summed E-state index contributed by atoms with van der Waals surface area (Å²) in [5.74, 6) is -0.480. The van der Waals surface area contributed by atoms with E-state index >= 15 is 0 Å². The second kappa shape index (κ2) is 4.40. The van der Waals surface area contributed by atoms with Crippen LogP contribution in [0.25, 0.3) is 6.08 Å². The molecule has 1 aliphatic heterocycles. The van der Waals surface area contributed by atoms with Crippen molar-refractivity contribution in [1.29, 1.82) is 0 Å². The van der Waals surface area contributed by atoms with Crippen LogP contribution in [0, 0.1) is 6.92 Å². The number of aryl methyl sites for hydroxylation is 1. The van der Waals surface area contributed by atoms with Crippen molar-refractivity contribution in [3.05, 3.63) is 21.7 Å². The van der Waals surface area contributed by atoms with Gasteiger partial charge in [0.1, 0.15) is 0 Å². The molecule has 0 amide bonds. The lowest BCUT2D eigenvalue weighted by atomic mass is 10.00. The third kappa shape index (κ3) is 2.91. The van der Waals surface area contributed by atoms with Gasteiger partial charge in [-0.25, -0.2) is 4.98 Å². The standard InChI is InChI=1S/C15H21NO2S/c1-10(7-12-9-19-11(2)16-12)13-8-15(5-6-15)18-14(3,4)17-13/h7,9,13H,5-6,8H2,1-4H3/b10-7+/t13-/m0/s1. The monoisotopic (exact) mass is 279 g/mol. The molecule has 2 heterocycles. The second-order valence-corrected chi connectivity index (χ2v) is 7.24. The Labute approximate surface area is 118 Å². The highest BCUT2D eigenvalue weighted by Crippen LogP contribution is 2.51. The van der Waals surface area contributed by atoms with Crippen LogP contribution in [-0.4, -0.2) is 22.5 Å². The van der Waals surface area contributed by atoms with E-state index in [2.05, 4.69) is 23.4 Å². The molecule has 0 bridgehead atoms. The maximum absolute atomic E-state index is 6.08. The van der Waals surface area contributed by atoms with E-state index in [1.807, 2.05) is 20.8 Å². The average molecular weight is 279 g/mol. The number of ether oxygens (including phenoxy) is 2. The molecule has 1 spiro atoms. The third-order valence-electron chi connectivity index (χ3n) is 3.77. The van der Waals surface area contributed by atoms with Gasteiger partial charge in [-0.2, -0.15) is 0 Å². The number of hydrogen-bond acceptors (Lipinski definition) is 4. The van der Waals surface area contributed by atoms with E-state index in [9.17, 15) is 0 Å². The largest absolute Gasteiger partial charge is 0.344 e. The summed E-state index contributed by atoms with van der Waals surface area (Å²) in [6.07, 6.45) is 5.60. The lowest BCUT2D eigenvalue weighted by Gasteiger charge is -2.41. The first-order valence-electron chi connectivity index (χ1n) is 6.86. The number of nitrogens with zero attached hydrogens (tertiary/aromatic N) is 1. The van der Waals surface area contributed by atoms with Gasteiger partial charge < -0.3 is 9.47 Å². The molecular formula is C15H21NO2S. The van der Waals surface area contributed by atoms with Gasteiger partial charge in [0.05, 0.1) is 22.4 Å². The van der Waals surface area contributed by atoms with Crippen LogP contribution in [0.5, 0.6) is 0 Å². The first-order valence-corrected chi connectivity index (χ1v) is 7.74. The molecule has 1 saturated carbocycles. The molecule has 1 atom stereocenters. The van der Waals surface area contributed by atoms with Crippen LogP contribution in [0.3, 0.4) is 0 Å². The molecule has 19 heavy (non-hydrogen) atoms. The molecule has 0 unspecified atom stereocenters. The predicted octanol–water partition coefficient (Wildman–Crippen LogP) is 3.93. The highest BCUT2D eigenvalue weighted by molar-refractivity contribution is 7.09. The zero-order valence-corrected chi connectivity index (χ0v) is 12.8. The number of hydrogen-bond donors (Lipinski definition) is 0. The summed E-state index contributed by atoms with van der Waals surface area (Å²) in [4.78, 5) is 4.49. The molecule has 104 valence electrons. The molecule has 1 aromatic heterocycles. The summed E-state index contributed by atoms with van der Waals surface area (Å²) in [5.41, 5.74) is 2.37. The lowest BCUT2D eigenvalue weighted by Crippen LogP contribution is -2.46. The summed E-state index contributed by atoms with van der Waals surface area (Å²) in [7, 11) is 0. The van der Waals surface area contributed by atoms with Gasteiger partial charge in [-0.3, -0.25) is 0 Å². The second-order valence-electron chi connectivity index (χ2n) is 6.18. The van der Waals surface area contributed by atoms with Crippen molar-refractivity contribution >= 4 is 17.4 Å². The van der Waals surface area contributed by atoms with Gasteiger partial charge >= 0.3 is 0 Å². The summed E-state index contributed by atoms with van der Waals surface area (Å²) in [6, 6.07) is 0. The maximum atomic E-state index is 6.08. The summed E-state index contributed by atoms with van der Waals surface area (Å²) >= 11 is 1.68. The number of thiazole rings is 1. The Kier molecular flexibility index (Phi) is 3.08. The molecule has 1 aromatic rings. The molecule has 2 fully saturated rings. The van der Waals surface area contributed by atoms with Crippen LogP contribution >= 0.6 is 11.3 Å². The van der Waals surface area contributed by atoms with Gasteiger partial charge in [0, 0.05) is 11.8 Å². The topological polar surface area (TPSA) is 31.4 Å². The Morgan fingerprint density at radius 2 is 2.21 bits per heavy atom. The van der Waals surface area contributed by atoms with E-state index in [-0.39, 0.29) is 11.7 Å². The van der Waals surface area contributed by atoms with Crippen molar-refractivity contribution < 1.29 is 9.47 Å². The third-order valence-corrected chi connectivity index (χ3v) is 4.57. The van der Waals surface area contributed by atoms with Crippen LogP contribution in [0.4, 0.5) is 0 Å². The number of rotatable bonds is 2. The van der Waals surface area contributed by atoms with Crippen LogP contribution in [0.2, 0.25) is 0 Å². The van der Waals surface area contributed by atoms with E-state index in [0.717, 1.165) is 17.1 Å². The van der Waals surface area contributed by atoms with Gasteiger partial charge in [-0.1, -0.05) is 0 Å². The van der Waals surface area contributed by atoms with Crippen molar-refractivity contribution in [2.24, 2.45) is 0 Å². The zero-order valence-electron chi connectivity index (χ0n) is 12.0. The highest BCUT2D eigenvalue weighted by atomic mass is 32.1. The molecule has 0 radical (unpaired) electrons. The highest BCUT2D eigenvalue weighted by Gasteiger charge is 2.53. The molecular weight excluding hydrogens is 258 g/mol. The Morgan fingerprint density at radius 3 is 2.79 bits per heavy atom. The van der Waals surface area contributed by atoms with E-state index in [4.69, 9.17) is 9.47 Å². The van der Waals surface area contributed by atoms with E-state index in [1.165, 1.54) is 18.4 Å². The molecule has 0 N–H and O–H groups in total. The Hall–Kier alpha value is -0.710. The normalized spacial score (nSPS) is 28.6. The summed E-state index contributed by atoms with van der Waals surface area (Å²) < 4.78 is 12.1. The average Bonchev–Trinajstić information content (AvgIpc) is 2.88. The van der Waals surface area contributed by atoms with Crippen LogP contribution in [0.15, 0.2) is 11.0 Å². The van der Waals surface area contributed by atoms with Gasteiger partial charge in [0.25, 0.3) is 0 Å². The van der Waals surface area contributed by atoms with Crippen molar-refractivity contribution in [2.75, 3.05) is 0 Å². The first-order chi connectivity index (χ1) is 8.88. The first kappa shape index (κ1) is 13.3. The quantitative estimate of drug-likeness (QED) is 0.822. The Balaban J connectivity index is 1.79. The Morgan fingerprint density at radius 1 is 1.47 bits per heavy atom. The fourth-order valence-corrected chi connectivity index (χ4v) is 3.35. The minimum absolute atomic E-state index is 0.0828. The molecule has 1 saturated heterocycles. The van der Waals surface area contributed by atoms with Gasteiger partial charge in [0.2, 0.25) is 0 Å². The van der Waals surface area contributed by atoms with E-state index < -0.39 is 5.79 Å². The lowest BCUT2D eigenvalue weighted by molar-refractivity contribution is -0.301. The Bertz CT molecular complexity index is 508. The van der Waals surface area contributed by atoms with Gasteiger partial charge in [-0.05, 0) is 52.2 Å². The fraction of sp³-hybridized carbons (Fsp3) is 0.667. The van der Waals surface area contributed by atoms with Crippen LogP contribution in [0.1, 0.15) is 50.7 Å². The van der Waals surface area contributed by atoms with Crippen molar-refractivity contribution in [2.45, 2.75) is 64.4 Å². The van der Waals surface area contributed by atoms with Crippen LogP contribution in [-0.2, 0) is 9.47 Å². The molecule has 0 aromatic carbocycles. The predicted molar refractivity (Wildman–Crippen MR) is 77.1 cm³/mol. The molecule has 3 nitrogen and oxygen atoms in total.